The van der Waals surface area contributed by atoms with Crippen LogP contribution in [-0.4, -0.2) is 88.3 Å². The topological polar surface area (TPSA) is 181 Å². The Labute approximate surface area is 349 Å². The number of piperidine rings is 1. The molecule has 0 spiro atoms. The monoisotopic (exact) mass is 823 g/mol. The second-order valence-electron chi connectivity index (χ2n) is 15.4. The number of fused-ring (bicyclic) bond motifs is 3. The summed E-state index contributed by atoms with van der Waals surface area (Å²) in [7, 11) is 4.02. The highest BCUT2D eigenvalue weighted by Crippen LogP contribution is 2.40. The number of hydrogen-bond donors (Lipinski definition) is 5. The van der Waals surface area contributed by atoms with Gasteiger partial charge in [-0.05, 0) is 93.4 Å². The lowest BCUT2D eigenvalue weighted by Gasteiger charge is -2.39. The van der Waals surface area contributed by atoms with Crippen molar-refractivity contribution < 1.29 is 19.8 Å². The van der Waals surface area contributed by atoms with Crippen LogP contribution in [0, 0.1) is 12.8 Å². The average molecular weight is 824 g/mol. The van der Waals surface area contributed by atoms with Gasteiger partial charge in [-0.2, -0.15) is 10.2 Å². The van der Waals surface area contributed by atoms with Crippen molar-refractivity contribution >= 4 is 62.7 Å². The Morgan fingerprint density at radius 1 is 0.950 bits per heavy atom. The summed E-state index contributed by atoms with van der Waals surface area (Å²) in [6.45, 7) is 3.27. The summed E-state index contributed by atoms with van der Waals surface area (Å²) in [4.78, 5) is 44.9. The molecule has 6 heterocycles. The summed E-state index contributed by atoms with van der Waals surface area (Å²) in [6, 6.07) is 20.8. The summed E-state index contributed by atoms with van der Waals surface area (Å²) in [5.74, 6) is -0.684. The number of rotatable bonds is 10. The SMILES string of the molecule is Cc1cc2cc(-c3ccc(CO)cc3)c(NC(=O)c3c(C(C4CCN(c5ccc(Cl)cc5NC(=O)c5cnn6cc(O)cnc56)CC4)N(C)C)nn4cccnc34)cc2[nH]1. The van der Waals surface area contributed by atoms with Crippen molar-refractivity contribution in [3.8, 4) is 16.9 Å². The minimum atomic E-state index is -0.407. The summed E-state index contributed by atoms with van der Waals surface area (Å²) >= 11 is 6.46. The number of H-pyrrole nitrogens is 1. The molecule has 15 nitrogen and oxygen atoms in total. The van der Waals surface area contributed by atoms with E-state index in [1.165, 1.54) is 23.1 Å². The minimum Gasteiger partial charge on any atom is -0.505 e. The number of hydrogen-bond acceptors (Lipinski definition) is 10. The predicted octanol–water partition coefficient (Wildman–Crippen LogP) is 7.10. The van der Waals surface area contributed by atoms with Crippen LogP contribution >= 0.6 is 11.6 Å². The first-order valence-corrected chi connectivity index (χ1v) is 19.9. The summed E-state index contributed by atoms with van der Waals surface area (Å²) in [5.41, 5.74) is 8.50. The van der Waals surface area contributed by atoms with E-state index < -0.39 is 5.91 Å². The third kappa shape index (κ3) is 7.27. The zero-order chi connectivity index (χ0) is 41.7. The van der Waals surface area contributed by atoms with Gasteiger partial charge in [0.2, 0.25) is 0 Å². The molecule has 1 atom stereocenters. The second kappa shape index (κ2) is 15.7. The maximum atomic E-state index is 14.8. The molecule has 0 radical (unpaired) electrons. The molecule has 5 aromatic heterocycles. The van der Waals surface area contributed by atoms with Crippen LogP contribution in [-0.2, 0) is 6.61 Å². The van der Waals surface area contributed by atoms with E-state index in [1.54, 1.807) is 28.9 Å². The molecule has 1 aliphatic rings. The minimum absolute atomic E-state index is 0.0618. The molecule has 1 fully saturated rings. The largest absolute Gasteiger partial charge is 0.505 e. The van der Waals surface area contributed by atoms with Crippen molar-refractivity contribution in [1.29, 1.82) is 0 Å². The Morgan fingerprint density at radius 2 is 1.73 bits per heavy atom. The molecule has 1 unspecified atom stereocenters. The zero-order valence-electron chi connectivity index (χ0n) is 33.1. The second-order valence-corrected chi connectivity index (χ2v) is 15.8. The molecule has 0 aliphatic carbocycles. The van der Waals surface area contributed by atoms with E-state index in [1.807, 2.05) is 63.6 Å². The molecule has 9 rings (SSSR count). The summed E-state index contributed by atoms with van der Waals surface area (Å²) in [6.07, 6.45) is 9.07. The number of amides is 2. The van der Waals surface area contributed by atoms with Crippen LogP contribution in [0.15, 0.2) is 97.7 Å². The molecular weight excluding hydrogens is 782 g/mol. The van der Waals surface area contributed by atoms with Crippen molar-refractivity contribution in [1.82, 2.24) is 39.1 Å². The third-order valence-electron chi connectivity index (χ3n) is 11.2. The Morgan fingerprint density at radius 3 is 2.50 bits per heavy atom. The maximum Gasteiger partial charge on any atom is 0.261 e. The number of aliphatic hydroxyl groups excluding tert-OH is 1. The van der Waals surface area contributed by atoms with E-state index in [0.717, 1.165) is 51.8 Å². The molecule has 0 saturated carbocycles. The molecule has 0 bridgehead atoms. The van der Waals surface area contributed by atoms with Crippen molar-refractivity contribution in [3.05, 3.63) is 131 Å². The first-order chi connectivity index (χ1) is 29.0. The number of carbonyl (C=O) groups is 2. The van der Waals surface area contributed by atoms with E-state index in [-0.39, 0.29) is 35.8 Å². The smallest absolute Gasteiger partial charge is 0.261 e. The first-order valence-electron chi connectivity index (χ1n) is 19.6. The zero-order valence-corrected chi connectivity index (χ0v) is 33.9. The van der Waals surface area contributed by atoms with Gasteiger partial charge in [0.25, 0.3) is 11.8 Å². The number of anilines is 3. The third-order valence-corrected chi connectivity index (χ3v) is 11.4. The number of nitrogens with zero attached hydrogens (tertiary/aromatic N) is 8. The normalized spacial score (nSPS) is 14.1. The van der Waals surface area contributed by atoms with Gasteiger partial charge in [0.05, 0.1) is 54.0 Å². The lowest BCUT2D eigenvalue weighted by Crippen LogP contribution is -2.40. The molecule has 1 saturated heterocycles. The maximum absolute atomic E-state index is 14.8. The van der Waals surface area contributed by atoms with Gasteiger partial charge in [0, 0.05) is 52.7 Å². The fourth-order valence-electron chi connectivity index (χ4n) is 8.42. The highest BCUT2D eigenvalue weighted by Gasteiger charge is 2.36. The number of halogens is 1. The van der Waals surface area contributed by atoms with Gasteiger partial charge in [0.1, 0.15) is 11.1 Å². The van der Waals surface area contributed by atoms with Crippen LogP contribution in [0.25, 0.3) is 33.3 Å². The van der Waals surface area contributed by atoms with Gasteiger partial charge < -0.3 is 35.6 Å². The standard InChI is InChI=1S/C44H42ClN11O4/c1-25-17-29-18-32(27-7-5-26(24-57)6-8-27)35(20-34(29)49-25)50-44(60)38-39(52-55-14-4-13-46-42(38)55)40(53(2)3)28-11-15-54(16-12-28)37-10-9-30(45)19-36(37)51-43(59)33-22-48-56-23-31(58)21-47-41(33)56/h4-10,13-14,17-23,28,40,49,57-58H,11-12,15-16,24H2,1-3H3,(H,50,60)(H,51,59). The van der Waals surface area contributed by atoms with E-state index in [4.69, 9.17) is 16.7 Å². The van der Waals surface area contributed by atoms with Gasteiger partial charge in [-0.25, -0.2) is 19.0 Å². The lowest BCUT2D eigenvalue weighted by atomic mass is 9.85. The number of carbonyl (C=O) groups excluding carboxylic acids is 2. The quantitative estimate of drug-likeness (QED) is 0.0955. The molecule has 304 valence electrons. The fourth-order valence-corrected chi connectivity index (χ4v) is 8.59. The average Bonchev–Trinajstić information content (AvgIpc) is 3.94. The Balaban J connectivity index is 0.999. The highest BCUT2D eigenvalue weighted by atomic mass is 35.5. The Kier molecular flexibility index (Phi) is 10.2. The molecular formula is C44H42ClN11O4. The van der Waals surface area contributed by atoms with E-state index in [0.29, 0.717) is 52.0 Å². The Bertz CT molecular complexity index is 2910. The highest BCUT2D eigenvalue weighted by molar-refractivity contribution is 6.31. The van der Waals surface area contributed by atoms with Gasteiger partial charge in [-0.15, -0.1) is 0 Å². The lowest BCUT2D eigenvalue weighted by molar-refractivity contribution is 0.101. The number of aromatic hydroxyl groups is 1. The van der Waals surface area contributed by atoms with Crippen LogP contribution in [0.5, 0.6) is 5.75 Å². The van der Waals surface area contributed by atoms with Crippen molar-refractivity contribution in [2.45, 2.75) is 32.4 Å². The van der Waals surface area contributed by atoms with Crippen LogP contribution in [0.2, 0.25) is 5.02 Å². The number of aromatic amines is 1. The van der Waals surface area contributed by atoms with Gasteiger partial charge in [-0.3, -0.25) is 9.59 Å². The van der Waals surface area contributed by atoms with E-state index in [9.17, 15) is 19.8 Å². The Hall–Kier alpha value is -6.81. The predicted molar refractivity (Wildman–Crippen MR) is 231 cm³/mol. The number of aryl methyl sites for hydroxylation is 1. The molecule has 3 aromatic carbocycles. The van der Waals surface area contributed by atoms with Crippen LogP contribution in [0.1, 0.15) is 56.6 Å². The van der Waals surface area contributed by atoms with Crippen molar-refractivity contribution in [2.24, 2.45) is 5.92 Å². The molecule has 60 heavy (non-hydrogen) atoms. The first kappa shape index (κ1) is 38.7. The molecule has 2 amide bonds. The fraction of sp³-hybridized carbons (Fsp3) is 0.227. The van der Waals surface area contributed by atoms with Crippen molar-refractivity contribution in [2.75, 3.05) is 42.7 Å². The van der Waals surface area contributed by atoms with Crippen molar-refractivity contribution in [3.63, 3.8) is 0 Å². The van der Waals surface area contributed by atoms with Gasteiger partial charge >= 0.3 is 0 Å². The summed E-state index contributed by atoms with van der Waals surface area (Å²) in [5, 5.41) is 36.4. The van der Waals surface area contributed by atoms with E-state index >= 15 is 0 Å². The van der Waals surface area contributed by atoms with Crippen LogP contribution < -0.4 is 15.5 Å². The molecule has 8 aromatic rings. The number of benzene rings is 3. The van der Waals surface area contributed by atoms with Crippen LogP contribution in [0.4, 0.5) is 17.1 Å². The number of aromatic nitrogens is 7. The van der Waals surface area contributed by atoms with E-state index in [2.05, 4.69) is 52.6 Å². The number of aliphatic hydroxyl groups is 1. The van der Waals surface area contributed by atoms with Gasteiger partial charge in [0.15, 0.2) is 17.0 Å². The molecule has 5 N–H and O–H groups in total. The molecule has 16 heteroatoms. The summed E-state index contributed by atoms with van der Waals surface area (Å²) < 4.78 is 3.02. The van der Waals surface area contributed by atoms with Crippen LogP contribution in [0.3, 0.4) is 0 Å². The van der Waals surface area contributed by atoms with Gasteiger partial charge in [-0.1, -0.05) is 35.9 Å². The number of nitrogens with one attached hydrogen (secondary N) is 3. The molecule has 1 aliphatic heterocycles.